The van der Waals surface area contributed by atoms with Gasteiger partial charge in [0.1, 0.15) is 0 Å². The molecule has 1 fully saturated rings. The fourth-order valence-electron chi connectivity index (χ4n) is 3.47. The summed E-state index contributed by atoms with van der Waals surface area (Å²) < 4.78 is 0. The van der Waals surface area contributed by atoms with Crippen molar-refractivity contribution in [3.63, 3.8) is 0 Å². The van der Waals surface area contributed by atoms with E-state index in [1.165, 1.54) is 6.92 Å². The van der Waals surface area contributed by atoms with E-state index >= 15 is 0 Å². The van der Waals surface area contributed by atoms with Crippen molar-refractivity contribution in [3.05, 3.63) is 60.2 Å². The zero-order valence-electron chi connectivity index (χ0n) is 16.5. The zero-order valence-corrected chi connectivity index (χ0v) is 16.5. The largest absolute Gasteiger partial charge is 0.367 e. The Morgan fingerprint density at radius 1 is 0.964 bits per heavy atom. The number of hydrogen-bond acceptors (Lipinski definition) is 4. The minimum absolute atomic E-state index is 0.121. The van der Waals surface area contributed by atoms with E-state index in [-0.39, 0.29) is 24.3 Å². The molecule has 148 valence electrons. The molecule has 2 aromatic rings. The minimum Gasteiger partial charge on any atom is -0.367 e. The lowest BCUT2D eigenvalue weighted by Gasteiger charge is -2.35. The van der Waals surface area contributed by atoms with E-state index in [1.807, 2.05) is 54.6 Å². The first-order valence-corrected chi connectivity index (χ1v) is 9.67. The van der Waals surface area contributed by atoms with Gasteiger partial charge in [0, 0.05) is 33.1 Å². The molecule has 2 N–H and O–H groups in total. The second-order valence-electron chi connectivity index (χ2n) is 7.22. The summed E-state index contributed by atoms with van der Waals surface area (Å²) in [6.45, 7) is 5.34. The number of amides is 2. The summed E-state index contributed by atoms with van der Waals surface area (Å²) in [5, 5.41) is 5.93. The van der Waals surface area contributed by atoms with Crippen LogP contribution >= 0.6 is 0 Å². The fourth-order valence-corrected chi connectivity index (χ4v) is 3.47. The molecule has 0 aromatic heterocycles. The van der Waals surface area contributed by atoms with Gasteiger partial charge >= 0.3 is 0 Å². The van der Waals surface area contributed by atoms with Gasteiger partial charge in [-0.05, 0) is 24.7 Å². The number of hydrogen-bond donors (Lipinski definition) is 2. The molecule has 1 saturated heterocycles. The highest BCUT2D eigenvalue weighted by molar-refractivity contribution is 5.95. The summed E-state index contributed by atoms with van der Waals surface area (Å²) in [7, 11) is 2.12. The molecule has 28 heavy (non-hydrogen) atoms. The Morgan fingerprint density at radius 2 is 1.61 bits per heavy atom. The number of piperazine rings is 1. The molecule has 1 unspecified atom stereocenters. The topological polar surface area (TPSA) is 64.7 Å². The van der Waals surface area contributed by atoms with E-state index in [9.17, 15) is 9.59 Å². The monoisotopic (exact) mass is 380 g/mol. The van der Waals surface area contributed by atoms with E-state index < -0.39 is 0 Å². The Labute approximate surface area is 166 Å². The van der Waals surface area contributed by atoms with E-state index in [1.54, 1.807) is 0 Å². The van der Waals surface area contributed by atoms with Gasteiger partial charge in [0.15, 0.2) is 0 Å². The third-order valence-electron chi connectivity index (χ3n) is 4.99. The number of carbonyl (C=O) groups excluding carboxylic acids is 2. The van der Waals surface area contributed by atoms with Crippen molar-refractivity contribution < 1.29 is 9.59 Å². The number of para-hydroxylation sites is 2. The average molecular weight is 380 g/mol. The zero-order chi connectivity index (χ0) is 19.9. The first-order chi connectivity index (χ1) is 13.5. The number of carbonyl (C=O) groups is 2. The van der Waals surface area contributed by atoms with Crippen LogP contribution in [0.25, 0.3) is 0 Å². The van der Waals surface area contributed by atoms with Crippen LogP contribution in [0.15, 0.2) is 54.6 Å². The molecule has 0 radical (unpaired) electrons. The molecule has 1 aliphatic heterocycles. The van der Waals surface area contributed by atoms with Gasteiger partial charge in [0.2, 0.25) is 11.8 Å². The standard InChI is InChI=1S/C22H28N4O2/c1-17(27)23-20(18-8-4-3-5-9-18)16-22(28)24-19-10-6-7-11-21(19)26-14-12-25(2)13-15-26/h3-11,20H,12-16H2,1-2H3,(H,23,27)(H,24,28). The maximum atomic E-state index is 12.8. The summed E-state index contributed by atoms with van der Waals surface area (Å²) in [5.41, 5.74) is 2.77. The van der Waals surface area contributed by atoms with E-state index in [0.29, 0.717) is 0 Å². The van der Waals surface area contributed by atoms with Gasteiger partial charge in [0.05, 0.1) is 23.8 Å². The lowest BCUT2D eigenvalue weighted by Crippen LogP contribution is -2.44. The van der Waals surface area contributed by atoms with Gasteiger partial charge in [-0.2, -0.15) is 0 Å². The van der Waals surface area contributed by atoms with Gasteiger partial charge in [-0.25, -0.2) is 0 Å². The summed E-state index contributed by atoms with van der Waals surface area (Å²) in [6, 6.07) is 17.1. The van der Waals surface area contributed by atoms with Crippen molar-refractivity contribution in [1.29, 1.82) is 0 Å². The second-order valence-corrected chi connectivity index (χ2v) is 7.22. The van der Waals surface area contributed by atoms with Crippen LogP contribution in [0.2, 0.25) is 0 Å². The van der Waals surface area contributed by atoms with Crippen molar-refractivity contribution in [2.75, 3.05) is 43.4 Å². The number of nitrogens with zero attached hydrogens (tertiary/aromatic N) is 2. The highest BCUT2D eigenvalue weighted by Gasteiger charge is 2.20. The molecule has 1 aliphatic rings. The number of benzene rings is 2. The number of nitrogens with one attached hydrogen (secondary N) is 2. The number of anilines is 2. The van der Waals surface area contributed by atoms with Gasteiger partial charge < -0.3 is 20.4 Å². The SMILES string of the molecule is CC(=O)NC(CC(=O)Nc1ccccc1N1CCN(C)CC1)c1ccccc1. The quantitative estimate of drug-likeness (QED) is 0.809. The molecule has 6 nitrogen and oxygen atoms in total. The van der Waals surface area contributed by atoms with Crippen LogP contribution in [0.5, 0.6) is 0 Å². The fraction of sp³-hybridized carbons (Fsp3) is 0.364. The van der Waals surface area contributed by atoms with Crippen molar-refractivity contribution in [2.45, 2.75) is 19.4 Å². The van der Waals surface area contributed by atoms with Crippen LogP contribution in [-0.4, -0.2) is 49.9 Å². The summed E-state index contributed by atoms with van der Waals surface area (Å²) in [4.78, 5) is 29.0. The molecule has 0 aliphatic carbocycles. The highest BCUT2D eigenvalue weighted by Crippen LogP contribution is 2.27. The van der Waals surface area contributed by atoms with Gasteiger partial charge in [-0.3, -0.25) is 9.59 Å². The van der Waals surface area contributed by atoms with E-state index in [0.717, 1.165) is 43.1 Å². The van der Waals surface area contributed by atoms with Crippen molar-refractivity contribution in [2.24, 2.45) is 0 Å². The molecular formula is C22H28N4O2. The Hall–Kier alpha value is -2.86. The Kier molecular flexibility index (Phi) is 6.66. The Morgan fingerprint density at radius 3 is 2.29 bits per heavy atom. The Bertz CT molecular complexity index is 801. The highest BCUT2D eigenvalue weighted by atomic mass is 16.2. The van der Waals surface area contributed by atoms with Crippen LogP contribution in [0, 0.1) is 0 Å². The Balaban J connectivity index is 1.71. The summed E-state index contributed by atoms with van der Waals surface area (Å²) in [6.07, 6.45) is 0.181. The van der Waals surface area contributed by atoms with E-state index in [4.69, 9.17) is 0 Å². The molecule has 0 saturated carbocycles. The lowest BCUT2D eigenvalue weighted by atomic mass is 10.0. The predicted octanol–water partition coefficient (Wildman–Crippen LogP) is 2.64. The van der Waals surface area contributed by atoms with Crippen LogP contribution < -0.4 is 15.5 Å². The molecule has 2 aromatic carbocycles. The van der Waals surface area contributed by atoms with Crippen LogP contribution in [0.1, 0.15) is 24.9 Å². The predicted molar refractivity (Wildman–Crippen MR) is 112 cm³/mol. The van der Waals surface area contributed by atoms with Gasteiger partial charge in [-0.15, -0.1) is 0 Å². The second kappa shape index (κ2) is 9.37. The maximum absolute atomic E-state index is 12.8. The van der Waals surface area contributed by atoms with E-state index in [2.05, 4.69) is 27.5 Å². The first-order valence-electron chi connectivity index (χ1n) is 9.67. The first kappa shape index (κ1) is 19.9. The van der Waals surface area contributed by atoms with Crippen molar-refractivity contribution >= 4 is 23.2 Å². The molecule has 3 rings (SSSR count). The number of rotatable bonds is 6. The third-order valence-corrected chi connectivity index (χ3v) is 4.99. The summed E-state index contributed by atoms with van der Waals surface area (Å²) >= 11 is 0. The van der Waals surface area contributed by atoms with Gasteiger partial charge in [-0.1, -0.05) is 42.5 Å². The smallest absolute Gasteiger partial charge is 0.226 e. The molecule has 2 amide bonds. The van der Waals surface area contributed by atoms with Crippen LogP contribution in [0.3, 0.4) is 0 Å². The molecule has 1 atom stereocenters. The molecular weight excluding hydrogens is 352 g/mol. The average Bonchev–Trinajstić information content (AvgIpc) is 2.69. The van der Waals surface area contributed by atoms with Crippen molar-refractivity contribution in [3.8, 4) is 0 Å². The number of likely N-dealkylation sites (N-methyl/N-ethyl adjacent to an activating group) is 1. The van der Waals surface area contributed by atoms with Crippen LogP contribution in [-0.2, 0) is 9.59 Å². The van der Waals surface area contributed by atoms with Crippen LogP contribution in [0.4, 0.5) is 11.4 Å². The lowest BCUT2D eigenvalue weighted by molar-refractivity contribution is -0.120. The van der Waals surface area contributed by atoms with Crippen molar-refractivity contribution in [1.82, 2.24) is 10.2 Å². The normalized spacial score (nSPS) is 15.7. The summed E-state index contributed by atoms with van der Waals surface area (Å²) in [5.74, 6) is -0.274. The molecule has 1 heterocycles. The minimum atomic E-state index is -0.352. The third kappa shape index (κ3) is 5.33. The maximum Gasteiger partial charge on any atom is 0.226 e. The molecule has 0 bridgehead atoms. The van der Waals surface area contributed by atoms with Gasteiger partial charge in [0.25, 0.3) is 0 Å². The molecule has 0 spiro atoms. The molecule has 6 heteroatoms.